The first-order chi connectivity index (χ1) is 6.56. The van der Waals surface area contributed by atoms with Gasteiger partial charge in [-0.1, -0.05) is 18.5 Å². The van der Waals surface area contributed by atoms with Crippen LogP contribution in [0.5, 0.6) is 0 Å². The van der Waals surface area contributed by atoms with E-state index in [-0.39, 0.29) is 0 Å². The summed E-state index contributed by atoms with van der Waals surface area (Å²) in [7, 11) is 1.86. The van der Waals surface area contributed by atoms with Gasteiger partial charge in [-0.2, -0.15) is 5.10 Å². The maximum atomic E-state index is 6.10. The average molecular weight is 216 g/mol. The topological polar surface area (TPSA) is 29.9 Å². The predicted octanol–water partition coefficient (Wildman–Crippen LogP) is 2.27. The van der Waals surface area contributed by atoms with Crippen molar-refractivity contribution in [2.45, 2.75) is 39.8 Å². The molecular formula is C10H18ClN3. The Morgan fingerprint density at radius 3 is 2.64 bits per heavy atom. The zero-order chi connectivity index (χ0) is 10.7. The highest BCUT2D eigenvalue weighted by molar-refractivity contribution is 6.30. The van der Waals surface area contributed by atoms with E-state index in [1.54, 1.807) is 4.68 Å². The van der Waals surface area contributed by atoms with Crippen molar-refractivity contribution in [2.24, 2.45) is 7.05 Å². The molecule has 1 N–H and O–H groups in total. The first-order valence-electron chi connectivity index (χ1n) is 4.97. The standard InChI is InChI=1S/C10H18ClN3/c1-5-7(2)12-6-9-8(3)13-14(4)10(9)11/h7,12H,5-6H2,1-4H3. The Morgan fingerprint density at radius 1 is 1.57 bits per heavy atom. The number of hydrogen-bond acceptors (Lipinski definition) is 2. The Bertz CT molecular complexity index is 307. The van der Waals surface area contributed by atoms with Crippen LogP contribution in [-0.4, -0.2) is 15.8 Å². The molecular weight excluding hydrogens is 198 g/mol. The summed E-state index contributed by atoms with van der Waals surface area (Å²) < 4.78 is 1.71. The van der Waals surface area contributed by atoms with E-state index in [9.17, 15) is 0 Å². The number of hydrogen-bond donors (Lipinski definition) is 1. The first kappa shape index (κ1) is 11.5. The fraction of sp³-hybridized carbons (Fsp3) is 0.700. The van der Waals surface area contributed by atoms with Gasteiger partial charge in [0.2, 0.25) is 0 Å². The second kappa shape index (κ2) is 4.80. The van der Waals surface area contributed by atoms with Crippen molar-refractivity contribution in [2.75, 3.05) is 0 Å². The SMILES string of the molecule is CCC(C)NCc1c(C)nn(C)c1Cl. The van der Waals surface area contributed by atoms with Crippen LogP contribution >= 0.6 is 11.6 Å². The van der Waals surface area contributed by atoms with Crippen LogP contribution in [-0.2, 0) is 13.6 Å². The summed E-state index contributed by atoms with van der Waals surface area (Å²) in [5, 5.41) is 8.40. The summed E-state index contributed by atoms with van der Waals surface area (Å²) in [6, 6.07) is 0.519. The Kier molecular flexibility index (Phi) is 3.96. The van der Waals surface area contributed by atoms with Gasteiger partial charge in [0.15, 0.2) is 0 Å². The van der Waals surface area contributed by atoms with Gasteiger partial charge < -0.3 is 5.32 Å². The van der Waals surface area contributed by atoms with Crippen molar-refractivity contribution >= 4 is 11.6 Å². The monoisotopic (exact) mass is 215 g/mol. The Morgan fingerprint density at radius 2 is 2.21 bits per heavy atom. The zero-order valence-corrected chi connectivity index (χ0v) is 10.0. The lowest BCUT2D eigenvalue weighted by molar-refractivity contribution is 0.533. The van der Waals surface area contributed by atoms with E-state index in [1.165, 1.54) is 0 Å². The molecule has 0 bridgehead atoms. The number of halogens is 1. The molecule has 1 aromatic rings. The molecule has 1 heterocycles. The van der Waals surface area contributed by atoms with E-state index in [0.29, 0.717) is 6.04 Å². The summed E-state index contributed by atoms with van der Waals surface area (Å²) in [6.07, 6.45) is 1.12. The summed E-state index contributed by atoms with van der Waals surface area (Å²) >= 11 is 6.10. The van der Waals surface area contributed by atoms with Crippen LogP contribution in [0.1, 0.15) is 31.5 Å². The van der Waals surface area contributed by atoms with Gasteiger partial charge in [-0.25, -0.2) is 0 Å². The highest BCUT2D eigenvalue weighted by Gasteiger charge is 2.11. The fourth-order valence-electron chi connectivity index (χ4n) is 1.30. The molecule has 0 saturated carbocycles. The van der Waals surface area contributed by atoms with E-state index in [1.807, 2.05) is 14.0 Å². The third-order valence-corrected chi connectivity index (χ3v) is 2.98. The molecule has 1 atom stereocenters. The fourth-order valence-corrected chi connectivity index (χ4v) is 1.54. The highest BCUT2D eigenvalue weighted by atomic mass is 35.5. The molecule has 1 aromatic heterocycles. The molecule has 14 heavy (non-hydrogen) atoms. The normalized spacial score (nSPS) is 13.2. The molecule has 0 fully saturated rings. The van der Waals surface area contributed by atoms with Crippen LogP contribution < -0.4 is 5.32 Å². The van der Waals surface area contributed by atoms with E-state index < -0.39 is 0 Å². The average Bonchev–Trinajstić information content (AvgIpc) is 2.39. The van der Waals surface area contributed by atoms with Gasteiger partial charge in [0.05, 0.1) is 5.69 Å². The minimum absolute atomic E-state index is 0.519. The van der Waals surface area contributed by atoms with Crippen LogP contribution in [0.2, 0.25) is 5.15 Å². The van der Waals surface area contributed by atoms with Crippen LogP contribution in [0.3, 0.4) is 0 Å². The number of aromatic nitrogens is 2. The lowest BCUT2D eigenvalue weighted by atomic mass is 10.2. The molecule has 1 unspecified atom stereocenters. The number of nitrogens with zero attached hydrogens (tertiary/aromatic N) is 2. The second-order valence-corrected chi connectivity index (χ2v) is 4.03. The van der Waals surface area contributed by atoms with Gasteiger partial charge in [0.25, 0.3) is 0 Å². The molecule has 0 saturated heterocycles. The van der Waals surface area contributed by atoms with E-state index in [2.05, 4.69) is 24.3 Å². The van der Waals surface area contributed by atoms with Crippen LogP contribution in [0.25, 0.3) is 0 Å². The molecule has 0 spiro atoms. The highest BCUT2D eigenvalue weighted by Crippen LogP contribution is 2.18. The van der Waals surface area contributed by atoms with Crippen LogP contribution in [0.15, 0.2) is 0 Å². The second-order valence-electron chi connectivity index (χ2n) is 3.67. The van der Waals surface area contributed by atoms with Crippen molar-refractivity contribution < 1.29 is 0 Å². The van der Waals surface area contributed by atoms with Crippen molar-refractivity contribution in [1.82, 2.24) is 15.1 Å². The zero-order valence-electron chi connectivity index (χ0n) is 9.26. The predicted molar refractivity (Wildman–Crippen MR) is 59.5 cm³/mol. The van der Waals surface area contributed by atoms with Gasteiger partial charge in [0, 0.05) is 25.2 Å². The van der Waals surface area contributed by atoms with Crippen molar-refractivity contribution in [3.8, 4) is 0 Å². The molecule has 0 aliphatic heterocycles. The van der Waals surface area contributed by atoms with Gasteiger partial charge in [-0.15, -0.1) is 0 Å². The molecule has 0 aliphatic carbocycles. The van der Waals surface area contributed by atoms with Crippen molar-refractivity contribution in [1.29, 1.82) is 0 Å². The minimum atomic E-state index is 0.519. The van der Waals surface area contributed by atoms with E-state index in [4.69, 9.17) is 11.6 Å². The van der Waals surface area contributed by atoms with Gasteiger partial charge in [-0.3, -0.25) is 4.68 Å². The van der Waals surface area contributed by atoms with Crippen LogP contribution in [0.4, 0.5) is 0 Å². The Balaban J connectivity index is 2.67. The third-order valence-electron chi connectivity index (χ3n) is 2.51. The number of rotatable bonds is 4. The molecule has 0 aliphatic rings. The molecule has 80 valence electrons. The van der Waals surface area contributed by atoms with Gasteiger partial charge >= 0.3 is 0 Å². The number of nitrogens with one attached hydrogen (secondary N) is 1. The smallest absolute Gasteiger partial charge is 0.131 e. The number of aryl methyl sites for hydroxylation is 2. The Hall–Kier alpha value is -0.540. The third kappa shape index (κ3) is 2.49. The van der Waals surface area contributed by atoms with Gasteiger partial charge in [-0.05, 0) is 20.3 Å². The molecule has 4 heteroatoms. The molecule has 0 amide bonds. The maximum Gasteiger partial charge on any atom is 0.131 e. The summed E-state index contributed by atoms with van der Waals surface area (Å²) in [5.41, 5.74) is 2.11. The summed E-state index contributed by atoms with van der Waals surface area (Å²) in [5.74, 6) is 0. The molecule has 0 radical (unpaired) electrons. The first-order valence-corrected chi connectivity index (χ1v) is 5.35. The summed E-state index contributed by atoms with van der Waals surface area (Å²) in [6.45, 7) is 7.11. The molecule has 1 rings (SSSR count). The maximum absolute atomic E-state index is 6.10. The van der Waals surface area contributed by atoms with Crippen molar-refractivity contribution in [3.63, 3.8) is 0 Å². The lowest BCUT2D eigenvalue weighted by Crippen LogP contribution is -2.24. The minimum Gasteiger partial charge on any atom is -0.310 e. The lowest BCUT2D eigenvalue weighted by Gasteiger charge is -2.10. The van der Waals surface area contributed by atoms with Crippen molar-refractivity contribution in [3.05, 3.63) is 16.4 Å². The van der Waals surface area contributed by atoms with Gasteiger partial charge in [0.1, 0.15) is 5.15 Å². The van der Waals surface area contributed by atoms with E-state index in [0.717, 1.165) is 29.4 Å². The summed E-state index contributed by atoms with van der Waals surface area (Å²) in [4.78, 5) is 0. The van der Waals surface area contributed by atoms with Crippen LogP contribution in [0, 0.1) is 6.92 Å². The largest absolute Gasteiger partial charge is 0.310 e. The quantitative estimate of drug-likeness (QED) is 0.835. The van der Waals surface area contributed by atoms with E-state index >= 15 is 0 Å². The molecule has 0 aromatic carbocycles. The Labute approximate surface area is 90.4 Å². The molecule has 3 nitrogen and oxygen atoms in total.